The molecule has 0 radical (unpaired) electrons. The fourth-order valence-electron chi connectivity index (χ4n) is 2.86. The molecule has 21 heavy (non-hydrogen) atoms. The van der Waals surface area contributed by atoms with E-state index in [-0.39, 0.29) is 6.03 Å². The zero-order chi connectivity index (χ0) is 15.2. The molecule has 0 spiro atoms. The van der Waals surface area contributed by atoms with Gasteiger partial charge in [-0.2, -0.15) is 0 Å². The normalized spacial score (nSPS) is 21.0. The molecule has 2 N–H and O–H groups in total. The molecule has 1 aliphatic rings. The second-order valence-electron chi connectivity index (χ2n) is 5.85. The van der Waals surface area contributed by atoms with Gasteiger partial charge in [0.15, 0.2) is 0 Å². The van der Waals surface area contributed by atoms with Gasteiger partial charge in [-0.3, -0.25) is 4.90 Å². The number of nitrogens with zero attached hydrogens (tertiary/aromatic N) is 2. The van der Waals surface area contributed by atoms with Gasteiger partial charge in [-0.25, -0.2) is 9.78 Å². The third-order valence-electron chi connectivity index (χ3n) is 4.08. The van der Waals surface area contributed by atoms with Crippen LogP contribution in [0.25, 0.3) is 0 Å². The van der Waals surface area contributed by atoms with Crippen LogP contribution in [0.5, 0.6) is 0 Å². The number of nitrogens with one attached hydrogen (secondary N) is 2. The molecule has 2 amide bonds. The largest absolute Gasteiger partial charge is 0.337 e. The molecule has 1 saturated heterocycles. The van der Waals surface area contributed by atoms with Gasteiger partial charge in [-0.15, -0.1) is 11.3 Å². The zero-order valence-electron chi connectivity index (χ0n) is 13.2. The Hall–Kier alpha value is -1.14. The van der Waals surface area contributed by atoms with Crippen molar-refractivity contribution in [2.75, 3.05) is 13.1 Å². The van der Waals surface area contributed by atoms with E-state index in [9.17, 15) is 4.79 Å². The van der Waals surface area contributed by atoms with E-state index >= 15 is 0 Å². The van der Waals surface area contributed by atoms with Crippen LogP contribution in [0.4, 0.5) is 4.79 Å². The fraction of sp³-hybridized carbons (Fsp3) is 0.733. The van der Waals surface area contributed by atoms with Crippen molar-refractivity contribution >= 4 is 17.4 Å². The molecule has 1 aromatic rings. The first-order valence-electron chi connectivity index (χ1n) is 7.74. The number of amides is 2. The summed E-state index contributed by atoms with van der Waals surface area (Å²) in [4.78, 5) is 18.6. The minimum atomic E-state index is -0.114. The highest BCUT2D eigenvalue weighted by Gasteiger charge is 2.23. The minimum Gasteiger partial charge on any atom is -0.337 e. The van der Waals surface area contributed by atoms with Crippen LogP contribution in [0.15, 0.2) is 5.38 Å². The second-order valence-corrected chi connectivity index (χ2v) is 6.92. The summed E-state index contributed by atoms with van der Waals surface area (Å²) in [6, 6.07) is 0.890. The SMILES string of the molecule is Cc1nc(CNC(=O)NC[C@H](C)N2CCCC[C@@H]2C)cs1. The number of hydrogen-bond acceptors (Lipinski definition) is 4. The lowest BCUT2D eigenvalue weighted by Gasteiger charge is -2.38. The van der Waals surface area contributed by atoms with Crippen LogP contribution in [0.1, 0.15) is 43.8 Å². The van der Waals surface area contributed by atoms with Crippen molar-refractivity contribution < 1.29 is 4.79 Å². The van der Waals surface area contributed by atoms with Gasteiger partial charge in [0, 0.05) is 24.0 Å². The third-order valence-corrected chi connectivity index (χ3v) is 4.90. The predicted molar refractivity (Wildman–Crippen MR) is 86.6 cm³/mol. The molecule has 0 saturated carbocycles. The van der Waals surface area contributed by atoms with Crippen LogP contribution in [0.2, 0.25) is 0 Å². The minimum absolute atomic E-state index is 0.114. The van der Waals surface area contributed by atoms with E-state index < -0.39 is 0 Å². The summed E-state index contributed by atoms with van der Waals surface area (Å²) in [6.45, 7) is 8.75. The summed E-state index contributed by atoms with van der Waals surface area (Å²) in [6.07, 6.45) is 3.86. The van der Waals surface area contributed by atoms with Gasteiger partial charge < -0.3 is 10.6 Å². The van der Waals surface area contributed by atoms with Crippen LogP contribution in [-0.4, -0.2) is 41.1 Å². The molecule has 2 atom stereocenters. The molecule has 1 aliphatic heterocycles. The van der Waals surface area contributed by atoms with Crippen molar-refractivity contribution in [1.82, 2.24) is 20.5 Å². The van der Waals surface area contributed by atoms with Crippen molar-refractivity contribution in [2.24, 2.45) is 0 Å². The molecule has 6 heteroatoms. The van der Waals surface area contributed by atoms with E-state index in [1.54, 1.807) is 11.3 Å². The van der Waals surface area contributed by atoms with E-state index in [4.69, 9.17) is 0 Å². The van der Waals surface area contributed by atoms with Crippen LogP contribution in [0, 0.1) is 6.92 Å². The monoisotopic (exact) mass is 310 g/mol. The van der Waals surface area contributed by atoms with Gasteiger partial charge >= 0.3 is 6.03 Å². The third kappa shape index (κ3) is 4.97. The molecule has 2 heterocycles. The summed E-state index contributed by atoms with van der Waals surface area (Å²) >= 11 is 1.60. The summed E-state index contributed by atoms with van der Waals surface area (Å²) in [7, 11) is 0. The topological polar surface area (TPSA) is 57.3 Å². The van der Waals surface area contributed by atoms with Crippen molar-refractivity contribution in [2.45, 2.75) is 58.7 Å². The molecule has 0 bridgehead atoms. The Labute approximate surface area is 131 Å². The van der Waals surface area contributed by atoms with Crippen molar-refractivity contribution in [3.05, 3.63) is 16.1 Å². The van der Waals surface area contributed by atoms with Crippen LogP contribution in [0.3, 0.4) is 0 Å². The summed E-state index contributed by atoms with van der Waals surface area (Å²) < 4.78 is 0. The number of rotatable bonds is 5. The first-order chi connectivity index (χ1) is 10.1. The lowest BCUT2D eigenvalue weighted by Crippen LogP contribution is -2.49. The molecule has 1 fully saturated rings. The lowest BCUT2D eigenvalue weighted by molar-refractivity contribution is 0.114. The second kappa shape index (κ2) is 7.75. The molecule has 1 aromatic heterocycles. The number of carbonyl (C=O) groups is 1. The smallest absolute Gasteiger partial charge is 0.315 e. The van der Waals surface area contributed by atoms with Crippen molar-refractivity contribution in [1.29, 1.82) is 0 Å². The average Bonchev–Trinajstić information content (AvgIpc) is 2.89. The maximum absolute atomic E-state index is 11.8. The number of thiazole rings is 1. The highest BCUT2D eigenvalue weighted by Crippen LogP contribution is 2.18. The molecule has 0 aromatic carbocycles. The van der Waals surface area contributed by atoms with Gasteiger partial charge in [0.25, 0.3) is 0 Å². The molecule has 0 aliphatic carbocycles. The Kier molecular flexibility index (Phi) is 5.99. The van der Waals surface area contributed by atoms with E-state index in [1.807, 2.05) is 12.3 Å². The van der Waals surface area contributed by atoms with Crippen LogP contribution >= 0.6 is 11.3 Å². The zero-order valence-corrected chi connectivity index (χ0v) is 14.0. The van der Waals surface area contributed by atoms with Gasteiger partial charge in [-0.05, 0) is 40.2 Å². The Morgan fingerprint density at radius 2 is 2.33 bits per heavy atom. The maximum Gasteiger partial charge on any atom is 0.315 e. The number of likely N-dealkylation sites (tertiary alicyclic amines) is 1. The summed E-state index contributed by atoms with van der Waals surface area (Å²) in [5, 5.41) is 8.83. The molecule has 118 valence electrons. The average molecular weight is 310 g/mol. The van der Waals surface area contributed by atoms with Crippen LogP contribution in [-0.2, 0) is 6.54 Å². The Balaban J connectivity index is 1.68. The van der Waals surface area contributed by atoms with Crippen molar-refractivity contribution in [3.8, 4) is 0 Å². The number of aryl methyl sites for hydroxylation is 1. The van der Waals surface area contributed by atoms with Gasteiger partial charge in [-0.1, -0.05) is 6.42 Å². The molecule has 5 nitrogen and oxygen atoms in total. The van der Waals surface area contributed by atoms with Gasteiger partial charge in [0.2, 0.25) is 0 Å². The fourth-order valence-corrected chi connectivity index (χ4v) is 3.47. The lowest BCUT2D eigenvalue weighted by atomic mass is 10.0. The molecular weight excluding hydrogens is 284 g/mol. The van der Waals surface area contributed by atoms with Gasteiger partial charge in [0.1, 0.15) is 0 Å². The predicted octanol–water partition coefficient (Wildman–Crippen LogP) is 2.51. The Bertz CT molecular complexity index is 462. The number of urea groups is 1. The number of aromatic nitrogens is 1. The summed E-state index contributed by atoms with van der Waals surface area (Å²) in [5.41, 5.74) is 0.922. The van der Waals surface area contributed by atoms with Crippen molar-refractivity contribution in [3.63, 3.8) is 0 Å². The first-order valence-corrected chi connectivity index (χ1v) is 8.62. The first kappa shape index (κ1) is 16.2. The highest BCUT2D eigenvalue weighted by molar-refractivity contribution is 7.09. The van der Waals surface area contributed by atoms with E-state index in [0.717, 1.165) is 17.2 Å². The van der Waals surface area contributed by atoms with E-state index in [0.29, 0.717) is 25.2 Å². The quantitative estimate of drug-likeness (QED) is 0.878. The van der Waals surface area contributed by atoms with E-state index in [1.165, 1.54) is 19.3 Å². The number of hydrogen-bond donors (Lipinski definition) is 2. The molecule has 2 rings (SSSR count). The van der Waals surface area contributed by atoms with Gasteiger partial charge in [0.05, 0.1) is 17.2 Å². The number of carbonyl (C=O) groups excluding carboxylic acids is 1. The Morgan fingerprint density at radius 3 is 3.00 bits per heavy atom. The standard InChI is InChI=1S/C15H26N4OS/c1-11-6-4-5-7-19(11)12(2)8-16-15(20)17-9-14-10-21-13(3)18-14/h10-12H,4-9H2,1-3H3,(H2,16,17,20)/t11-,12-/m0/s1. The van der Waals surface area contributed by atoms with Crippen LogP contribution < -0.4 is 10.6 Å². The Morgan fingerprint density at radius 1 is 1.52 bits per heavy atom. The number of piperidine rings is 1. The van der Waals surface area contributed by atoms with E-state index in [2.05, 4.69) is 34.4 Å². The molecule has 0 unspecified atom stereocenters. The molecular formula is C15H26N4OS. The highest BCUT2D eigenvalue weighted by atomic mass is 32.1. The summed E-state index contributed by atoms with van der Waals surface area (Å²) in [5.74, 6) is 0. The maximum atomic E-state index is 11.8.